The van der Waals surface area contributed by atoms with E-state index in [1.165, 1.54) is 0 Å². The Labute approximate surface area is 118 Å². The monoisotopic (exact) mass is 274 g/mol. The molecule has 0 fully saturated rings. The third kappa shape index (κ3) is 2.36. The van der Waals surface area contributed by atoms with Gasteiger partial charge in [0.15, 0.2) is 0 Å². The van der Waals surface area contributed by atoms with Gasteiger partial charge in [-0.2, -0.15) is 0 Å². The second-order valence-corrected chi connectivity index (χ2v) is 4.67. The van der Waals surface area contributed by atoms with Crippen molar-refractivity contribution in [3.05, 3.63) is 70.8 Å². The van der Waals surface area contributed by atoms with E-state index < -0.39 is 11.9 Å². The molecule has 0 aromatic heterocycles. The van der Waals surface area contributed by atoms with Crippen molar-refractivity contribution in [2.45, 2.75) is 18.8 Å². The summed E-state index contributed by atoms with van der Waals surface area (Å²) in [5, 5.41) is 9.56. The number of benzene rings is 2. The van der Waals surface area contributed by atoms with Crippen LogP contribution in [-0.4, -0.2) is 11.1 Å². The largest absolute Gasteiger partial charge is 0.481 e. The second kappa shape index (κ2) is 5.45. The van der Waals surface area contributed by atoms with Crippen LogP contribution in [0.15, 0.2) is 48.5 Å². The third-order valence-corrected chi connectivity index (χ3v) is 3.64. The minimum atomic E-state index is -0.767. The molecular formula is C16H15ClO2. The maximum absolute atomic E-state index is 11.6. The van der Waals surface area contributed by atoms with Gasteiger partial charge in [-0.3, -0.25) is 4.79 Å². The molecule has 0 radical (unpaired) electrons. The lowest BCUT2D eigenvalue weighted by Gasteiger charge is -2.15. The molecule has 0 saturated carbocycles. The summed E-state index contributed by atoms with van der Waals surface area (Å²) in [4.78, 5) is 11.6. The molecule has 0 amide bonds. The molecule has 2 aromatic rings. The quantitative estimate of drug-likeness (QED) is 0.865. The number of halogens is 1. The summed E-state index contributed by atoms with van der Waals surface area (Å²) in [5.74, 6) is -1.29. The Morgan fingerprint density at radius 2 is 1.32 bits per heavy atom. The van der Waals surface area contributed by atoms with Gasteiger partial charge in [0, 0.05) is 0 Å². The summed E-state index contributed by atoms with van der Waals surface area (Å²) in [6.07, 6.45) is 1.83. The van der Waals surface area contributed by atoms with Gasteiger partial charge in [0.05, 0.1) is 0 Å². The van der Waals surface area contributed by atoms with Crippen molar-refractivity contribution in [1.29, 1.82) is 0 Å². The van der Waals surface area contributed by atoms with E-state index in [0.29, 0.717) is 0 Å². The molecule has 0 atom stereocenters. The van der Waals surface area contributed by atoms with Gasteiger partial charge in [-0.25, -0.2) is 0 Å². The minimum Gasteiger partial charge on any atom is -0.481 e. The van der Waals surface area contributed by atoms with Crippen molar-refractivity contribution in [3.63, 3.8) is 0 Å². The first kappa shape index (κ1) is 13.6. The lowest BCUT2D eigenvalue weighted by atomic mass is 9.88. The van der Waals surface area contributed by atoms with Crippen LogP contribution in [-0.2, 0) is 17.6 Å². The smallest absolute Gasteiger partial charge is 0.315 e. The molecule has 98 valence electrons. The first-order valence-corrected chi connectivity index (χ1v) is 6.16. The van der Waals surface area contributed by atoms with Gasteiger partial charge in [-0.15, -0.1) is 12.4 Å². The van der Waals surface area contributed by atoms with E-state index in [4.69, 9.17) is 0 Å². The van der Waals surface area contributed by atoms with Crippen molar-refractivity contribution < 1.29 is 9.90 Å². The Balaban J connectivity index is 0.00000133. The zero-order valence-electron chi connectivity index (χ0n) is 10.4. The molecule has 0 aliphatic heterocycles. The second-order valence-electron chi connectivity index (χ2n) is 4.67. The summed E-state index contributed by atoms with van der Waals surface area (Å²) >= 11 is 0. The number of fused-ring (bicyclic) bond motifs is 2. The number of carbonyl (C=O) groups is 1. The first-order chi connectivity index (χ1) is 8.77. The van der Waals surface area contributed by atoms with Crippen LogP contribution in [0.2, 0.25) is 0 Å². The number of carboxylic acids is 1. The summed E-state index contributed by atoms with van der Waals surface area (Å²) in [6, 6.07) is 15.8. The van der Waals surface area contributed by atoms with E-state index in [1.54, 1.807) is 0 Å². The molecule has 0 saturated heterocycles. The van der Waals surface area contributed by atoms with Gasteiger partial charge in [0.25, 0.3) is 0 Å². The predicted octanol–water partition coefficient (Wildman–Crippen LogP) is 3.42. The highest BCUT2D eigenvalue weighted by Gasteiger charge is 2.28. The molecule has 1 N–H and O–H groups in total. The van der Waals surface area contributed by atoms with Crippen molar-refractivity contribution >= 4 is 18.4 Å². The van der Waals surface area contributed by atoms with E-state index in [2.05, 4.69) is 0 Å². The molecule has 0 bridgehead atoms. The zero-order valence-corrected chi connectivity index (χ0v) is 11.2. The van der Waals surface area contributed by atoms with Crippen LogP contribution in [0.5, 0.6) is 0 Å². The highest BCUT2D eigenvalue weighted by atomic mass is 35.5. The lowest BCUT2D eigenvalue weighted by Crippen LogP contribution is -2.14. The number of aliphatic carboxylic acids is 1. The van der Waals surface area contributed by atoms with Gasteiger partial charge < -0.3 is 5.11 Å². The molecule has 2 aromatic carbocycles. The molecule has 19 heavy (non-hydrogen) atoms. The van der Waals surface area contributed by atoms with Gasteiger partial charge >= 0.3 is 5.97 Å². The summed E-state index contributed by atoms with van der Waals surface area (Å²) in [5.41, 5.74) is 4.19. The lowest BCUT2D eigenvalue weighted by molar-refractivity contribution is -0.137. The van der Waals surface area contributed by atoms with Gasteiger partial charge in [0.2, 0.25) is 0 Å². The summed E-state index contributed by atoms with van der Waals surface area (Å²) in [7, 11) is 0. The minimum absolute atomic E-state index is 0. The fourth-order valence-electron chi connectivity index (χ4n) is 2.79. The van der Waals surface area contributed by atoms with Gasteiger partial charge in [-0.05, 0) is 35.1 Å². The Kier molecular flexibility index (Phi) is 3.91. The van der Waals surface area contributed by atoms with Gasteiger partial charge in [0.1, 0.15) is 5.92 Å². The van der Waals surface area contributed by atoms with E-state index in [-0.39, 0.29) is 12.4 Å². The molecule has 0 spiro atoms. The Hall–Kier alpha value is -1.80. The fraction of sp³-hybridized carbons (Fsp3) is 0.188. The molecule has 1 aliphatic carbocycles. The van der Waals surface area contributed by atoms with Crippen molar-refractivity contribution in [2.75, 3.05) is 0 Å². The molecular weight excluding hydrogens is 260 g/mol. The topological polar surface area (TPSA) is 37.3 Å². The molecule has 0 heterocycles. The highest BCUT2D eigenvalue weighted by molar-refractivity contribution is 5.85. The zero-order chi connectivity index (χ0) is 12.5. The van der Waals surface area contributed by atoms with Crippen LogP contribution in [0.3, 0.4) is 0 Å². The van der Waals surface area contributed by atoms with E-state index in [9.17, 15) is 9.90 Å². The van der Waals surface area contributed by atoms with Crippen LogP contribution < -0.4 is 0 Å². The van der Waals surface area contributed by atoms with Crippen LogP contribution in [0, 0.1) is 0 Å². The Morgan fingerprint density at radius 1 is 0.895 bits per heavy atom. The molecule has 3 heteroatoms. The van der Waals surface area contributed by atoms with Gasteiger partial charge in [-0.1, -0.05) is 48.5 Å². The molecule has 3 rings (SSSR count). The number of carboxylic acid groups (broad SMARTS) is 1. The van der Waals surface area contributed by atoms with Crippen molar-refractivity contribution in [2.24, 2.45) is 0 Å². The maximum Gasteiger partial charge on any atom is 0.315 e. The number of aryl methyl sites for hydroxylation is 2. The summed E-state index contributed by atoms with van der Waals surface area (Å²) in [6.45, 7) is 0. The van der Waals surface area contributed by atoms with E-state index >= 15 is 0 Å². The average molecular weight is 275 g/mol. The number of rotatable bonds is 1. The normalized spacial score (nSPS) is 13.7. The van der Waals surface area contributed by atoms with Crippen LogP contribution in [0.4, 0.5) is 0 Å². The molecule has 1 aliphatic rings. The average Bonchev–Trinajstić information content (AvgIpc) is 2.55. The highest BCUT2D eigenvalue weighted by Crippen LogP contribution is 2.34. The standard InChI is InChI=1S/C16H14O2.ClH/c17-16(18)15-13-7-3-1-5-11(13)9-10-12-6-2-4-8-14(12)15;/h1-8,15H,9-10H2,(H,17,18);1H. The van der Waals surface area contributed by atoms with Crippen LogP contribution >= 0.6 is 12.4 Å². The molecule has 0 unspecified atom stereocenters. The number of hydrogen-bond donors (Lipinski definition) is 1. The predicted molar refractivity (Wildman–Crippen MR) is 77.0 cm³/mol. The Morgan fingerprint density at radius 3 is 1.74 bits per heavy atom. The van der Waals surface area contributed by atoms with Crippen LogP contribution in [0.25, 0.3) is 0 Å². The van der Waals surface area contributed by atoms with Crippen LogP contribution in [0.1, 0.15) is 28.2 Å². The SMILES string of the molecule is Cl.O=C(O)C1c2ccccc2CCc2ccccc21. The summed E-state index contributed by atoms with van der Waals surface area (Å²) < 4.78 is 0. The maximum atomic E-state index is 11.6. The first-order valence-electron chi connectivity index (χ1n) is 6.16. The van der Waals surface area contributed by atoms with E-state index in [0.717, 1.165) is 35.1 Å². The van der Waals surface area contributed by atoms with Crippen molar-refractivity contribution in [1.82, 2.24) is 0 Å². The molecule has 2 nitrogen and oxygen atoms in total. The third-order valence-electron chi connectivity index (χ3n) is 3.64. The van der Waals surface area contributed by atoms with Crippen molar-refractivity contribution in [3.8, 4) is 0 Å². The fourth-order valence-corrected chi connectivity index (χ4v) is 2.79. The number of hydrogen-bond acceptors (Lipinski definition) is 1. The Bertz CT molecular complexity index is 560. The van der Waals surface area contributed by atoms with E-state index in [1.807, 2.05) is 48.5 Å².